The zero-order valence-corrected chi connectivity index (χ0v) is 10.6. The Bertz CT molecular complexity index is 333. The number of halogens is 1. The van der Waals surface area contributed by atoms with Gasteiger partial charge in [-0.1, -0.05) is 28.1 Å². The standard InChI is InChI=1S/C7H8BrN.C5H8O2/c8-7-3-1-6(5-9)2-4-7;6-5(7)3-4-1-2-4/h1-4H,5,9H2;4H,1-3H2,(H,6,7). The Kier molecular flexibility index (Phi) is 5.49. The normalized spacial score (nSPS) is 13.9. The van der Waals surface area contributed by atoms with Crippen molar-refractivity contribution in [2.24, 2.45) is 11.7 Å². The summed E-state index contributed by atoms with van der Waals surface area (Å²) in [5, 5.41) is 8.12. The number of hydrogen-bond donors (Lipinski definition) is 2. The molecule has 16 heavy (non-hydrogen) atoms. The molecule has 1 aromatic carbocycles. The fourth-order valence-corrected chi connectivity index (χ4v) is 1.45. The van der Waals surface area contributed by atoms with Gasteiger partial charge in [0.25, 0.3) is 0 Å². The first kappa shape index (κ1) is 13.2. The SMILES string of the molecule is NCc1ccc(Br)cc1.O=C(O)CC1CC1. The molecule has 0 amide bonds. The van der Waals surface area contributed by atoms with E-state index in [1.54, 1.807) is 0 Å². The van der Waals surface area contributed by atoms with Crippen LogP contribution >= 0.6 is 15.9 Å². The maximum absolute atomic E-state index is 9.85. The molecule has 3 nitrogen and oxygen atoms in total. The summed E-state index contributed by atoms with van der Waals surface area (Å²) < 4.78 is 1.10. The molecule has 1 aromatic rings. The van der Waals surface area contributed by atoms with E-state index in [0.29, 0.717) is 18.9 Å². The molecule has 0 spiro atoms. The molecule has 0 saturated heterocycles. The van der Waals surface area contributed by atoms with E-state index < -0.39 is 5.97 Å². The van der Waals surface area contributed by atoms with Crippen LogP contribution in [-0.4, -0.2) is 11.1 Å². The third-order valence-corrected chi connectivity index (χ3v) is 2.84. The van der Waals surface area contributed by atoms with Crippen molar-refractivity contribution in [1.29, 1.82) is 0 Å². The van der Waals surface area contributed by atoms with Crippen molar-refractivity contribution in [2.75, 3.05) is 0 Å². The van der Waals surface area contributed by atoms with Gasteiger partial charge in [0.05, 0.1) is 0 Å². The maximum atomic E-state index is 9.85. The topological polar surface area (TPSA) is 63.3 Å². The first-order chi connectivity index (χ1) is 7.61. The van der Waals surface area contributed by atoms with Crippen LogP contribution in [0.15, 0.2) is 28.7 Å². The van der Waals surface area contributed by atoms with Crippen LogP contribution < -0.4 is 5.73 Å². The fraction of sp³-hybridized carbons (Fsp3) is 0.417. The number of hydrogen-bond acceptors (Lipinski definition) is 2. The van der Waals surface area contributed by atoms with Gasteiger partial charge in [0, 0.05) is 17.4 Å². The second-order valence-electron chi connectivity index (χ2n) is 3.87. The van der Waals surface area contributed by atoms with Gasteiger partial charge in [0.1, 0.15) is 0 Å². The summed E-state index contributed by atoms with van der Waals surface area (Å²) in [4.78, 5) is 9.85. The van der Waals surface area contributed by atoms with Crippen molar-refractivity contribution in [2.45, 2.75) is 25.8 Å². The highest BCUT2D eigenvalue weighted by Gasteiger charge is 2.23. The Morgan fingerprint density at radius 3 is 2.25 bits per heavy atom. The molecular formula is C12H16BrNO2. The number of benzene rings is 1. The van der Waals surface area contributed by atoms with Crippen molar-refractivity contribution in [3.8, 4) is 0 Å². The molecular weight excluding hydrogens is 270 g/mol. The largest absolute Gasteiger partial charge is 0.481 e. The van der Waals surface area contributed by atoms with Crippen molar-refractivity contribution >= 4 is 21.9 Å². The van der Waals surface area contributed by atoms with Crippen LogP contribution in [0.5, 0.6) is 0 Å². The molecule has 1 aliphatic rings. The highest BCUT2D eigenvalue weighted by Crippen LogP contribution is 2.31. The molecule has 1 fully saturated rings. The molecule has 0 aliphatic heterocycles. The maximum Gasteiger partial charge on any atom is 0.303 e. The van der Waals surface area contributed by atoms with E-state index in [4.69, 9.17) is 10.8 Å². The molecule has 0 atom stereocenters. The van der Waals surface area contributed by atoms with Crippen LogP contribution in [0.2, 0.25) is 0 Å². The number of nitrogens with two attached hydrogens (primary N) is 1. The monoisotopic (exact) mass is 285 g/mol. The first-order valence-corrected chi connectivity index (χ1v) is 6.07. The molecule has 1 saturated carbocycles. The molecule has 4 heteroatoms. The van der Waals surface area contributed by atoms with Crippen molar-refractivity contribution in [1.82, 2.24) is 0 Å². The minimum Gasteiger partial charge on any atom is -0.481 e. The Labute approximate surface area is 104 Å². The lowest BCUT2D eigenvalue weighted by atomic mass is 10.2. The minimum absolute atomic E-state index is 0.389. The minimum atomic E-state index is -0.650. The molecule has 0 unspecified atom stereocenters. The van der Waals surface area contributed by atoms with Crippen LogP contribution in [0.4, 0.5) is 0 Å². The molecule has 0 aromatic heterocycles. The Morgan fingerprint density at radius 2 is 1.94 bits per heavy atom. The van der Waals surface area contributed by atoms with Gasteiger partial charge in [-0.15, -0.1) is 0 Å². The summed E-state index contributed by atoms with van der Waals surface area (Å²) >= 11 is 3.33. The highest BCUT2D eigenvalue weighted by atomic mass is 79.9. The number of aliphatic carboxylic acids is 1. The predicted molar refractivity (Wildman–Crippen MR) is 67.0 cm³/mol. The van der Waals surface area contributed by atoms with Crippen molar-refractivity contribution < 1.29 is 9.90 Å². The van der Waals surface area contributed by atoms with Crippen LogP contribution in [0.1, 0.15) is 24.8 Å². The average molecular weight is 286 g/mol. The van der Waals surface area contributed by atoms with Gasteiger partial charge in [-0.25, -0.2) is 0 Å². The second-order valence-corrected chi connectivity index (χ2v) is 4.79. The lowest BCUT2D eigenvalue weighted by Gasteiger charge is -1.93. The molecule has 88 valence electrons. The van der Waals surface area contributed by atoms with Gasteiger partial charge in [0.15, 0.2) is 0 Å². The first-order valence-electron chi connectivity index (χ1n) is 5.28. The summed E-state index contributed by atoms with van der Waals surface area (Å²) in [7, 11) is 0. The summed E-state index contributed by atoms with van der Waals surface area (Å²) in [6.45, 7) is 0.618. The van der Waals surface area contributed by atoms with Crippen molar-refractivity contribution in [3.05, 3.63) is 34.3 Å². The van der Waals surface area contributed by atoms with E-state index in [0.717, 1.165) is 17.3 Å². The van der Waals surface area contributed by atoms with Crippen LogP contribution in [0, 0.1) is 5.92 Å². The van der Waals surface area contributed by atoms with E-state index in [1.807, 2.05) is 24.3 Å². The predicted octanol–water partition coefficient (Wildman–Crippen LogP) is 2.78. The smallest absolute Gasteiger partial charge is 0.303 e. The Hall–Kier alpha value is -0.870. The van der Waals surface area contributed by atoms with Gasteiger partial charge < -0.3 is 10.8 Å². The van der Waals surface area contributed by atoms with Gasteiger partial charge in [0.2, 0.25) is 0 Å². The molecule has 2 rings (SSSR count). The zero-order chi connectivity index (χ0) is 12.0. The summed E-state index contributed by atoms with van der Waals surface area (Å²) in [6.07, 6.45) is 2.65. The highest BCUT2D eigenvalue weighted by molar-refractivity contribution is 9.10. The molecule has 1 aliphatic carbocycles. The van der Waals surface area contributed by atoms with Crippen LogP contribution in [0.25, 0.3) is 0 Å². The number of carbonyl (C=O) groups is 1. The number of carboxylic acids is 1. The fourth-order valence-electron chi connectivity index (χ4n) is 1.19. The van der Waals surface area contributed by atoms with E-state index >= 15 is 0 Å². The third-order valence-electron chi connectivity index (χ3n) is 2.31. The second kappa shape index (κ2) is 6.66. The summed E-state index contributed by atoms with van der Waals surface area (Å²) in [6, 6.07) is 7.98. The Morgan fingerprint density at radius 1 is 1.38 bits per heavy atom. The van der Waals surface area contributed by atoms with Gasteiger partial charge in [-0.05, 0) is 36.5 Å². The average Bonchev–Trinajstić information content (AvgIpc) is 3.03. The molecule has 0 radical (unpaired) electrons. The van der Waals surface area contributed by atoms with Gasteiger partial charge in [-0.3, -0.25) is 4.79 Å². The Balaban J connectivity index is 0.000000165. The molecule has 0 bridgehead atoms. The lowest BCUT2D eigenvalue weighted by Crippen LogP contribution is -1.94. The lowest BCUT2D eigenvalue weighted by molar-refractivity contribution is -0.137. The summed E-state index contributed by atoms with van der Waals surface area (Å²) in [5.74, 6) is -0.125. The summed E-state index contributed by atoms with van der Waals surface area (Å²) in [5.41, 5.74) is 6.55. The van der Waals surface area contributed by atoms with E-state index in [2.05, 4.69) is 15.9 Å². The molecule has 0 heterocycles. The van der Waals surface area contributed by atoms with Crippen LogP contribution in [-0.2, 0) is 11.3 Å². The van der Waals surface area contributed by atoms with E-state index in [-0.39, 0.29) is 0 Å². The van der Waals surface area contributed by atoms with Crippen molar-refractivity contribution in [3.63, 3.8) is 0 Å². The van der Waals surface area contributed by atoms with Gasteiger partial charge >= 0.3 is 5.97 Å². The zero-order valence-electron chi connectivity index (χ0n) is 9.03. The van der Waals surface area contributed by atoms with E-state index in [9.17, 15) is 4.79 Å². The van der Waals surface area contributed by atoms with Gasteiger partial charge in [-0.2, -0.15) is 0 Å². The number of rotatable bonds is 3. The van der Waals surface area contributed by atoms with Crippen LogP contribution in [0.3, 0.4) is 0 Å². The quantitative estimate of drug-likeness (QED) is 0.898. The molecule has 3 N–H and O–H groups in total. The third kappa shape index (κ3) is 5.88. The van der Waals surface area contributed by atoms with E-state index in [1.165, 1.54) is 5.56 Å². The number of carboxylic acid groups (broad SMARTS) is 1.